The molecular formula is C7H15N3O. The maximum Gasteiger partial charge on any atom is 0.329 e. The van der Waals surface area contributed by atoms with Crippen LogP contribution >= 0.6 is 0 Å². The van der Waals surface area contributed by atoms with Gasteiger partial charge in [0, 0.05) is 6.04 Å². The third-order valence-electron chi connectivity index (χ3n) is 1.31. The van der Waals surface area contributed by atoms with E-state index in [1.807, 2.05) is 18.4 Å². The van der Waals surface area contributed by atoms with Crippen molar-refractivity contribution in [3.8, 4) is 0 Å². The first kappa shape index (κ1) is 9.97. The quantitative estimate of drug-likeness (QED) is 0.241. The second-order valence-electron chi connectivity index (χ2n) is 2.38. The van der Waals surface area contributed by atoms with Gasteiger partial charge in [-0.05, 0) is 19.8 Å². The molecule has 0 aromatic carbocycles. The van der Waals surface area contributed by atoms with Crippen LogP contribution in [0, 0.1) is 0 Å². The largest absolute Gasteiger partial charge is 0.335 e. The van der Waals surface area contributed by atoms with Crippen molar-refractivity contribution >= 4 is 6.03 Å². The van der Waals surface area contributed by atoms with Crippen LogP contribution in [0.1, 0.15) is 19.8 Å². The fourth-order valence-corrected chi connectivity index (χ4v) is 0.705. The molecule has 0 aliphatic rings. The van der Waals surface area contributed by atoms with Crippen LogP contribution in [0.5, 0.6) is 0 Å². The van der Waals surface area contributed by atoms with Crippen molar-refractivity contribution in [2.75, 3.05) is 0 Å². The van der Waals surface area contributed by atoms with Gasteiger partial charge in [-0.1, -0.05) is 6.08 Å². The minimum absolute atomic E-state index is 0.136. The third kappa shape index (κ3) is 5.42. The Hall–Kier alpha value is -1.03. The Morgan fingerprint density at radius 3 is 2.91 bits per heavy atom. The van der Waals surface area contributed by atoms with Crippen LogP contribution < -0.4 is 16.6 Å². The summed E-state index contributed by atoms with van der Waals surface area (Å²) in [6.45, 7) is 5.49. The van der Waals surface area contributed by atoms with Crippen LogP contribution in [0.3, 0.4) is 0 Å². The zero-order chi connectivity index (χ0) is 8.69. The van der Waals surface area contributed by atoms with E-state index in [9.17, 15) is 4.79 Å². The highest BCUT2D eigenvalue weighted by Gasteiger charge is 2.02. The summed E-state index contributed by atoms with van der Waals surface area (Å²) in [5.41, 5.74) is 2.00. The first-order valence-electron chi connectivity index (χ1n) is 3.58. The predicted octanol–water partition coefficient (Wildman–Crippen LogP) is 0.514. The lowest BCUT2D eigenvalue weighted by Gasteiger charge is -2.11. The maximum absolute atomic E-state index is 10.6. The molecule has 0 heterocycles. The minimum atomic E-state index is -0.346. The van der Waals surface area contributed by atoms with E-state index >= 15 is 0 Å². The molecule has 2 amide bonds. The van der Waals surface area contributed by atoms with Crippen LogP contribution in [0.25, 0.3) is 0 Å². The lowest BCUT2D eigenvalue weighted by atomic mass is 10.2. The van der Waals surface area contributed by atoms with Crippen molar-refractivity contribution in [3.63, 3.8) is 0 Å². The zero-order valence-corrected chi connectivity index (χ0v) is 6.76. The molecule has 4 heteroatoms. The average Bonchev–Trinajstić information content (AvgIpc) is 2.00. The molecule has 0 unspecified atom stereocenters. The molecule has 0 saturated carbocycles. The third-order valence-corrected chi connectivity index (χ3v) is 1.31. The summed E-state index contributed by atoms with van der Waals surface area (Å²) in [6, 6.07) is -0.210. The van der Waals surface area contributed by atoms with Crippen molar-refractivity contribution in [1.29, 1.82) is 0 Å². The number of hydrogen-bond acceptors (Lipinski definition) is 2. The molecule has 0 aliphatic heterocycles. The van der Waals surface area contributed by atoms with Gasteiger partial charge in [-0.15, -0.1) is 6.58 Å². The highest BCUT2D eigenvalue weighted by atomic mass is 16.2. The normalized spacial score (nSPS) is 11.8. The van der Waals surface area contributed by atoms with Crippen LogP contribution in [0.4, 0.5) is 4.79 Å². The Morgan fingerprint density at radius 2 is 2.45 bits per heavy atom. The number of allylic oxidation sites excluding steroid dienone is 1. The monoisotopic (exact) mass is 157 g/mol. The number of nitrogens with two attached hydrogens (primary N) is 1. The minimum Gasteiger partial charge on any atom is -0.335 e. The molecule has 0 fully saturated rings. The Bertz CT molecular complexity index is 136. The number of amides is 2. The number of carbonyl (C=O) groups excluding carboxylic acids is 1. The first-order valence-corrected chi connectivity index (χ1v) is 3.58. The summed E-state index contributed by atoms with van der Waals surface area (Å²) in [5.74, 6) is 4.87. The van der Waals surface area contributed by atoms with Crippen LogP contribution in [0.15, 0.2) is 12.7 Å². The zero-order valence-electron chi connectivity index (χ0n) is 6.76. The molecule has 4 nitrogen and oxygen atoms in total. The van der Waals surface area contributed by atoms with Crippen molar-refractivity contribution in [3.05, 3.63) is 12.7 Å². The van der Waals surface area contributed by atoms with Gasteiger partial charge in [-0.2, -0.15) is 0 Å². The van der Waals surface area contributed by atoms with Gasteiger partial charge < -0.3 is 5.32 Å². The van der Waals surface area contributed by atoms with E-state index < -0.39 is 0 Å². The lowest BCUT2D eigenvalue weighted by molar-refractivity contribution is 0.237. The SMILES string of the molecule is C=CCC[C@@H](C)NC(=O)NN. The van der Waals surface area contributed by atoms with E-state index in [1.165, 1.54) is 0 Å². The predicted molar refractivity (Wildman–Crippen MR) is 44.7 cm³/mol. The number of carbonyl (C=O) groups is 1. The van der Waals surface area contributed by atoms with Crippen molar-refractivity contribution in [2.24, 2.45) is 5.84 Å². The molecule has 4 N–H and O–H groups in total. The Balaban J connectivity index is 3.42. The van der Waals surface area contributed by atoms with Gasteiger partial charge in [-0.25, -0.2) is 10.6 Å². The topological polar surface area (TPSA) is 67.2 Å². The molecule has 0 spiro atoms. The summed E-state index contributed by atoms with van der Waals surface area (Å²) < 4.78 is 0. The van der Waals surface area contributed by atoms with Gasteiger partial charge in [-0.3, -0.25) is 5.43 Å². The standard InChI is InChI=1S/C7H15N3O/c1-3-4-5-6(2)9-7(11)10-8/h3,6H,1,4-5,8H2,2H3,(H2,9,10,11)/t6-/m1/s1. The van der Waals surface area contributed by atoms with Crippen molar-refractivity contribution in [2.45, 2.75) is 25.8 Å². The van der Waals surface area contributed by atoms with E-state index in [1.54, 1.807) is 0 Å². The Labute approximate surface area is 66.8 Å². The highest BCUT2D eigenvalue weighted by molar-refractivity contribution is 5.73. The fourth-order valence-electron chi connectivity index (χ4n) is 0.705. The summed E-state index contributed by atoms with van der Waals surface area (Å²) in [5, 5.41) is 2.64. The van der Waals surface area contributed by atoms with Gasteiger partial charge in [0.2, 0.25) is 0 Å². The Kier molecular flexibility index (Phi) is 5.20. The molecule has 0 saturated heterocycles. The molecule has 0 rings (SSSR count). The molecule has 0 aromatic rings. The summed E-state index contributed by atoms with van der Waals surface area (Å²) in [4.78, 5) is 10.6. The Morgan fingerprint density at radius 1 is 1.82 bits per heavy atom. The molecule has 0 aromatic heterocycles. The number of hydrogen-bond donors (Lipinski definition) is 3. The average molecular weight is 157 g/mol. The van der Waals surface area contributed by atoms with Crippen LogP contribution in [-0.4, -0.2) is 12.1 Å². The van der Waals surface area contributed by atoms with E-state index in [0.717, 1.165) is 12.8 Å². The summed E-state index contributed by atoms with van der Waals surface area (Å²) >= 11 is 0. The van der Waals surface area contributed by atoms with E-state index in [0.29, 0.717) is 0 Å². The maximum atomic E-state index is 10.6. The van der Waals surface area contributed by atoms with Crippen LogP contribution in [0.2, 0.25) is 0 Å². The molecule has 11 heavy (non-hydrogen) atoms. The van der Waals surface area contributed by atoms with Crippen molar-refractivity contribution < 1.29 is 4.79 Å². The van der Waals surface area contributed by atoms with Gasteiger partial charge in [0.15, 0.2) is 0 Å². The van der Waals surface area contributed by atoms with Crippen molar-refractivity contribution in [1.82, 2.24) is 10.7 Å². The lowest BCUT2D eigenvalue weighted by Crippen LogP contribution is -2.43. The fraction of sp³-hybridized carbons (Fsp3) is 0.571. The van der Waals surface area contributed by atoms with E-state index in [2.05, 4.69) is 11.9 Å². The van der Waals surface area contributed by atoms with Gasteiger partial charge in [0.25, 0.3) is 0 Å². The molecular weight excluding hydrogens is 142 g/mol. The number of rotatable bonds is 4. The number of hydrazine groups is 1. The van der Waals surface area contributed by atoms with Gasteiger partial charge in [0.05, 0.1) is 0 Å². The molecule has 0 aliphatic carbocycles. The first-order chi connectivity index (χ1) is 5.20. The second kappa shape index (κ2) is 5.73. The number of urea groups is 1. The van der Waals surface area contributed by atoms with Gasteiger partial charge in [0.1, 0.15) is 0 Å². The summed E-state index contributed by atoms with van der Waals surface area (Å²) in [7, 11) is 0. The molecule has 1 atom stereocenters. The number of nitrogens with one attached hydrogen (secondary N) is 2. The second-order valence-corrected chi connectivity index (χ2v) is 2.38. The summed E-state index contributed by atoms with van der Waals surface area (Å²) in [6.07, 6.45) is 3.60. The van der Waals surface area contributed by atoms with E-state index in [4.69, 9.17) is 5.84 Å². The highest BCUT2D eigenvalue weighted by Crippen LogP contribution is 1.95. The molecule has 0 bridgehead atoms. The molecule has 0 radical (unpaired) electrons. The molecule has 64 valence electrons. The van der Waals surface area contributed by atoms with E-state index in [-0.39, 0.29) is 12.1 Å². The van der Waals surface area contributed by atoms with Gasteiger partial charge >= 0.3 is 6.03 Å². The van der Waals surface area contributed by atoms with Crippen LogP contribution in [-0.2, 0) is 0 Å². The smallest absolute Gasteiger partial charge is 0.329 e.